The van der Waals surface area contributed by atoms with Gasteiger partial charge < -0.3 is 5.11 Å². The fourth-order valence-electron chi connectivity index (χ4n) is 1.87. The second-order valence-electron chi connectivity index (χ2n) is 4.07. The Labute approximate surface area is 120 Å². The van der Waals surface area contributed by atoms with E-state index in [4.69, 9.17) is 28.3 Å². The van der Waals surface area contributed by atoms with E-state index in [0.717, 1.165) is 6.42 Å². The summed E-state index contributed by atoms with van der Waals surface area (Å²) in [5, 5.41) is 14.1. The van der Waals surface area contributed by atoms with Crippen molar-refractivity contribution in [2.75, 3.05) is 0 Å². The monoisotopic (exact) mass is 298 g/mol. The smallest absolute Gasteiger partial charge is 0.339 e. The van der Waals surface area contributed by atoms with Crippen LogP contribution in [0.5, 0.6) is 0 Å². The van der Waals surface area contributed by atoms with Crippen molar-refractivity contribution in [2.45, 2.75) is 19.8 Å². The highest BCUT2D eigenvalue weighted by molar-refractivity contribution is 6.42. The third kappa shape index (κ3) is 2.74. The average Bonchev–Trinajstić information content (AvgIpc) is 2.77. The van der Waals surface area contributed by atoms with Crippen LogP contribution < -0.4 is 0 Å². The Balaban J connectivity index is 2.55. The molecule has 0 spiro atoms. The van der Waals surface area contributed by atoms with Gasteiger partial charge in [0.15, 0.2) is 0 Å². The molecule has 1 aromatic carbocycles. The lowest BCUT2D eigenvalue weighted by atomic mass is 10.1. The average molecular weight is 299 g/mol. The van der Waals surface area contributed by atoms with E-state index in [-0.39, 0.29) is 5.56 Å². The highest BCUT2D eigenvalue weighted by Gasteiger charge is 2.17. The van der Waals surface area contributed by atoms with Gasteiger partial charge in [-0.25, -0.2) is 9.48 Å². The van der Waals surface area contributed by atoms with Crippen LogP contribution in [0.15, 0.2) is 24.4 Å². The molecule has 4 nitrogen and oxygen atoms in total. The number of carboxylic acids is 1. The zero-order chi connectivity index (χ0) is 14.0. The Hall–Kier alpha value is -1.52. The maximum absolute atomic E-state index is 11.2. The number of aromatic carboxylic acids is 1. The standard InChI is InChI=1S/C13H12Cl2N2O2/c1-2-3-12-9(13(18)19)7-16-17(12)8-4-5-10(14)11(15)6-8/h4-7H,2-3H2,1H3,(H,18,19). The predicted octanol–water partition coefficient (Wildman–Crippen LogP) is 3.83. The molecule has 0 radical (unpaired) electrons. The number of nitrogens with zero attached hydrogens (tertiary/aromatic N) is 2. The molecule has 0 atom stereocenters. The van der Waals surface area contributed by atoms with Gasteiger partial charge in [0.2, 0.25) is 0 Å². The third-order valence-corrected chi connectivity index (χ3v) is 3.47. The molecule has 0 amide bonds. The minimum atomic E-state index is -0.977. The number of hydrogen-bond donors (Lipinski definition) is 1. The lowest BCUT2D eigenvalue weighted by Crippen LogP contribution is -2.06. The van der Waals surface area contributed by atoms with Crippen LogP contribution in [0.25, 0.3) is 5.69 Å². The molecule has 6 heteroatoms. The van der Waals surface area contributed by atoms with Crippen LogP contribution in [0.3, 0.4) is 0 Å². The highest BCUT2D eigenvalue weighted by atomic mass is 35.5. The van der Waals surface area contributed by atoms with Crippen molar-refractivity contribution >= 4 is 29.2 Å². The van der Waals surface area contributed by atoms with Gasteiger partial charge in [0.25, 0.3) is 0 Å². The molecule has 0 saturated carbocycles. The second-order valence-corrected chi connectivity index (χ2v) is 4.88. The number of carbonyl (C=O) groups is 1. The highest BCUT2D eigenvalue weighted by Crippen LogP contribution is 2.25. The van der Waals surface area contributed by atoms with Crippen LogP contribution >= 0.6 is 23.2 Å². The van der Waals surface area contributed by atoms with Gasteiger partial charge in [-0.2, -0.15) is 5.10 Å². The number of aromatic nitrogens is 2. The number of rotatable bonds is 4. The van der Waals surface area contributed by atoms with E-state index in [9.17, 15) is 4.79 Å². The molecule has 0 fully saturated rings. The minimum Gasteiger partial charge on any atom is -0.478 e. The molecule has 100 valence electrons. The summed E-state index contributed by atoms with van der Waals surface area (Å²) < 4.78 is 1.59. The number of benzene rings is 1. The Bertz CT molecular complexity index is 623. The molecule has 1 aromatic heterocycles. The van der Waals surface area contributed by atoms with Gasteiger partial charge in [-0.15, -0.1) is 0 Å². The predicted molar refractivity (Wildman–Crippen MR) is 74.5 cm³/mol. The SMILES string of the molecule is CCCc1c(C(=O)O)cnn1-c1ccc(Cl)c(Cl)c1. The van der Waals surface area contributed by atoms with Crippen molar-refractivity contribution in [1.29, 1.82) is 0 Å². The first-order valence-electron chi connectivity index (χ1n) is 5.80. The molecular weight excluding hydrogens is 287 g/mol. The fourth-order valence-corrected chi connectivity index (χ4v) is 2.16. The van der Waals surface area contributed by atoms with Gasteiger partial charge in [-0.3, -0.25) is 0 Å². The van der Waals surface area contributed by atoms with Crippen LogP contribution in [0.2, 0.25) is 10.0 Å². The van der Waals surface area contributed by atoms with Crippen molar-refractivity contribution in [3.63, 3.8) is 0 Å². The maximum atomic E-state index is 11.2. The molecule has 0 bridgehead atoms. The third-order valence-electron chi connectivity index (χ3n) is 2.73. The largest absolute Gasteiger partial charge is 0.478 e. The number of halogens is 2. The molecule has 1 N–H and O–H groups in total. The van der Waals surface area contributed by atoms with Crippen LogP contribution in [-0.4, -0.2) is 20.9 Å². The van der Waals surface area contributed by atoms with Gasteiger partial charge >= 0.3 is 5.97 Å². The summed E-state index contributed by atoms with van der Waals surface area (Å²) in [5.41, 5.74) is 1.58. The summed E-state index contributed by atoms with van der Waals surface area (Å²) in [4.78, 5) is 11.2. The fraction of sp³-hybridized carbons (Fsp3) is 0.231. The van der Waals surface area contributed by atoms with Crippen molar-refractivity contribution in [3.05, 3.63) is 45.7 Å². The van der Waals surface area contributed by atoms with Gasteiger partial charge in [-0.05, 0) is 24.6 Å². The van der Waals surface area contributed by atoms with E-state index in [1.807, 2.05) is 6.92 Å². The van der Waals surface area contributed by atoms with Gasteiger partial charge in [0.05, 0.1) is 27.6 Å². The summed E-state index contributed by atoms with van der Waals surface area (Å²) in [6.45, 7) is 1.98. The molecule has 2 aromatic rings. The molecule has 0 aliphatic rings. The summed E-state index contributed by atoms with van der Waals surface area (Å²) in [6.07, 6.45) is 2.81. The lowest BCUT2D eigenvalue weighted by molar-refractivity contribution is 0.0695. The summed E-state index contributed by atoms with van der Waals surface area (Å²) >= 11 is 11.8. The Morgan fingerprint density at radius 3 is 2.68 bits per heavy atom. The van der Waals surface area contributed by atoms with Crippen LogP contribution in [0, 0.1) is 0 Å². The molecule has 0 aliphatic carbocycles. The maximum Gasteiger partial charge on any atom is 0.339 e. The molecular formula is C13H12Cl2N2O2. The van der Waals surface area contributed by atoms with E-state index in [2.05, 4.69) is 5.10 Å². The zero-order valence-corrected chi connectivity index (χ0v) is 11.7. The van der Waals surface area contributed by atoms with E-state index in [0.29, 0.717) is 27.8 Å². The Morgan fingerprint density at radius 1 is 1.37 bits per heavy atom. The van der Waals surface area contributed by atoms with Crippen molar-refractivity contribution in [2.24, 2.45) is 0 Å². The Kier molecular flexibility index (Phi) is 4.12. The van der Waals surface area contributed by atoms with Gasteiger partial charge in [0, 0.05) is 0 Å². The second kappa shape index (κ2) is 5.63. The number of carboxylic acid groups (broad SMARTS) is 1. The number of hydrogen-bond acceptors (Lipinski definition) is 2. The normalized spacial score (nSPS) is 10.7. The molecule has 19 heavy (non-hydrogen) atoms. The molecule has 0 aliphatic heterocycles. The first-order valence-corrected chi connectivity index (χ1v) is 6.55. The summed E-state index contributed by atoms with van der Waals surface area (Å²) in [7, 11) is 0. The summed E-state index contributed by atoms with van der Waals surface area (Å²) in [5.74, 6) is -0.977. The van der Waals surface area contributed by atoms with E-state index < -0.39 is 5.97 Å². The molecule has 0 unspecified atom stereocenters. The van der Waals surface area contributed by atoms with Crippen molar-refractivity contribution < 1.29 is 9.90 Å². The molecule has 2 rings (SSSR count). The lowest BCUT2D eigenvalue weighted by Gasteiger charge is -2.08. The van der Waals surface area contributed by atoms with Crippen LogP contribution in [-0.2, 0) is 6.42 Å². The molecule has 0 saturated heterocycles. The van der Waals surface area contributed by atoms with Gasteiger partial charge in [-0.1, -0.05) is 36.5 Å². The van der Waals surface area contributed by atoms with Crippen LogP contribution in [0.1, 0.15) is 29.4 Å². The van der Waals surface area contributed by atoms with Crippen molar-refractivity contribution in [3.8, 4) is 5.69 Å². The topological polar surface area (TPSA) is 55.1 Å². The zero-order valence-electron chi connectivity index (χ0n) is 10.2. The quantitative estimate of drug-likeness (QED) is 0.933. The Morgan fingerprint density at radius 2 is 2.11 bits per heavy atom. The van der Waals surface area contributed by atoms with Gasteiger partial charge in [0.1, 0.15) is 5.56 Å². The minimum absolute atomic E-state index is 0.216. The molecule has 1 heterocycles. The van der Waals surface area contributed by atoms with E-state index in [1.54, 1.807) is 22.9 Å². The summed E-state index contributed by atoms with van der Waals surface area (Å²) in [6, 6.07) is 5.09. The first kappa shape index (κ1) is 13.9. The van der Waals surface area contributed by atoms with E-state index in [1.165, 1.54) is 6.20 Å². The van der Waals surface area contributed by atoms with E-state index >= 15 is 0 Å². The van der Waals surface area contributed by atoms with Crippen molar-refractivity contribution in [1.82, 2.24) is 9.78 Å². The first-order chi connectivity index (χ1) is 9.04. The van der Waals surface area contributed by atoms with Crippen LogP contribution in [0.4, 0.5) is 0 Å².